The van der Waals surface area contributed by atoms with Gasteiger partial charge in [0.1, 0.15) is 4.90 Å². The lowest BCUT2D eigenvalue weighted by Gasteiger charge is -2.13. The van der Waals surface area contributed by atoms with Gasteiger partial charge in [0.05, 0.1) is 18.4 Å². The molecule has 0 aliphatic rings. The van der Waals surface area contributed by atoms with E-state index in [2.05, 4.69) is 5.32 Å². The summed E-state index contributed by atoms with van der Waals surface area (Å²) < 4.78 is 27.0. The van der Waals surface area contributed by atoms with Gasteiger partial charge in [-0.2, -0.15) is 0 Å². The van der Waals surface area contributed by atoms with Crippen LogP contribution in [0.3, 0.4) is 0 Å². The van der Waals surface area contributed by atoms with Crippen molar-refractivity contribution in [2.45, 2.75) is 11.0 Å². The quantitative estimate of drug-likeness (QED) is 0.510. The van der Waals surface area contributed by atoms with Gasteiger partial charge < -0.3 is 20.9 Å². The second-order valence-corrected chi connectivity index (χ2v) is 5.32. The molecule has 0 spiro atoms. The molecule has 0 amide bonds. The number of methoxy groups -OCH3 is 1. The first-order valence-corrected chi connectivity index (χ1v) is 6.72. The highest BCUT2D eigenvalue weighted by Gasteiger charge is 2.12. The van der Waals surface area contributed by atoms with Crippen LogP contribution in [0.2, 0.25) is 0 Å². The predicted molar refractivity (Wildman–Crippen MR) is 68.6 cm³/mol. The summed E-state index contributed by atoms with van der Waals surface area (Å²) in [5, 5.41) is 17.3. The first kappa shape index (κ1) is 14.7. The lowest BCUT2D eigenvalue weighted by molar-refractivity contribution is 0.0727. The van der Waals surface area contributed by atoms with Gasteiger partial charge >= 0.3 is 0 Å². The van der Waals surface area contributed by atoms with Crippen molar-refractivity contribution in [2.75, 3.05) is 31.3 Å². The van der Waals surface area contributed by atoms with E-state index < -0.39 is 16.1 Å². The molecular formula is C10H17N3O4S. The molecule has 0 saturated carbocycles. The minimum atomic E-state index is -3.81. The average molecular weight is 275 g/mol. The topological polar surface area (TPSA) is 128 Å². The number of aliphatic hydroxyl groups excluding tert-OH is 1. The van der Waals surface area contributed by atoms with Crippen LogP contribution in [0.5, 0.6) is 0 Å². The Bertz CT molecular complexity index is 504. The van der Waals surface area contributed by atoms with E-state index >= 15 is 0 Å². The second-order valence-electron chi connectivity index (χ2n) is 3.79. The van der Waals surface area contributed by atoms with E-state index in [9.17, 15) is 13.5 Å². The number of nitrogens with one attached hydrogen (secondary N) is 1. The molecule has 0 radical (unpaired) electrons. The SMILES string of the molecule is COCC(O)CNc1ccc(S(N)(=O)=O)c(N)c1. The third-order valence-electron chi connectivity index (χ3n) is 2.22. The third kappa shape index (κ3) is 4.15. The summed E-state index contributed by atoms with van der Waals surface area (Å²) in [6.07, 6.45) is -0.658. The van der Waals surface area contributed by atoms with Gasteiger partial charge in [-0.05, 0) is 18.2 Å². The van der Waals surface area contributed by atoms with Gasteiger partial charge in [0, 0.05) is 19.3 Å². The van der Waals surface area contributed by atoms with Crippen LogP contribution >= 0.6 is 0 Å². The third-order valence-corrected chi connectivity index (χ3v) is 3.20. The summed E-state index contributed by atoms with van der Waals surface area (Å²) in [7, 11) is -2.32. The molecule has 0 heterocycles. The van der Waals surface area contributed by atoms with E-state index in [1.54, 1.807) is 0 Å². The molecule has 6 N–H and O–H groups in total. The van der Waals surface area contributed by atoms with Gasteiger partial charge in [-0.15, -0.1) is 0 Å². The zero-order valence-corrected chi connectivity index (χ0v) is 10.8. The van der Waals surface area contributed by atoms with E-state index in [0.29, 0.717) is 5.69 Å². The zero-order chi connectivity index (χ0) is 13.8. The van der Waals surface area contributed by atoms with Crippen molar-refractivity contribution < 1.29 is 18.3 Å². The molecule has 1 unspecified atom stereocenters. The number of rotatable bonds is 6. The molecule has 8 heteroatoms. The Kier molecular flexibility index (Phi) is 4.91. The van der Waals surface area contributed by atoms with E-state index in [0.717, 1.165) is 0 Å². The number of hydrogen-bond acceptors (Lipinski definition) is 6. The maximum atomic E-state index is 11.1. The molecule has 0 fully saturated rings. The highest BCUT2D eigenvalue weighted by molar-refractivity contribution is 7.89. The molecule has 18 heavy (non-hydrogen) atoms. The molecule has 102 valence electrons. The van der Waals surface area contributed by atoms with Gasteiger partial charge in [0.25, 0.3) is 0 Å². The molecule has 7 nitrogen and oxygen atoms in total. The van der Waals surface area contributed by atoms with Crippen molar-refractivity contribution in [3.63, 3.8) is 0 Å². The number of hydrogen-bond donors (Lipinski definition) is 4. The summed E-state index contributed by atoms with van der Waals surface area (Å²) in [5.41, 5.74) is 6.24. The van der Waals surface area contributed by atoms with Crippen LogP contribution in [-0.4, -0.2) is 39.9 Å². The standard InChI is InChI=1S/C10H17N3O4S/c1-17-6-8(14)5-13-7-2-3-10(9(11)4-7)18(12,15)16/h2-4,8,13-14H,5-6,11H2,1H3,(H2,12,15,16). The lowest BCUT2D eigenvalue weighted by atomic mass is 10.2. The number of nitrogen functional groups attached to an aromatic ring is 1. The van der Waals surface area contributed by atoms with Gasteiger partial charge in [0.15, 0.2) is 0 Å². The monoisotopic (exact) mass is 275 g/mol. The van der Waals surface area contributed by atoms with Crippen LogP contribution in [0.1, 0.15) is 0 Å². The van der Waals surface area contributed by atoms with Crippen LogP contribution in [0.25, 0.3) is 0 Å². The summed E-state index contributed by atoms with van der Waals surface area (Å²) in [6, 6.07) is 4.28. The van der Waals surface area contributed by atoms with Crippen LogP contribution < -0.4 is 16.2 Å². The molecule has 0 aromatic heterocycles. The smallest absolute Gasteiger partial charge is 0.240 e. The van der Waals surface area contributed by atoms with Gasteiger partial charge in [-0.25, -0.2) is 13.6 Å². The minimum Gasteiger partial charge on any atom is -0.398 e. The number of nitrogens with two attached hydrogens (primary N) is 2. The predicted octanol–water partition coefficient (Wildman–Crippen LogP) is -0.665. The summed E-state index contributed by atoms with van der Waals surface area (Å²) in [5.74, 6) is 0. The highest BCUT2D eigenvalue weighted by atomic mass is 32.2. The van der Waals surface area contributed by atoms with Crippen LogP contribution in [0.15, 0.2) is 23.1 Å². The molecule has 1 aromatic rings. The Morgan fingerprint density at radius 3 is 2.67 bits per heavy atom. The number of anilines is 2. The van der Waals surface area contributed by atoms with E-state index in [1.807, 2.05) is 0 Å². The molecule has 0 bridgehead atoms. The van der Waals surface area contributed by atoms with Crippen LogP contribution in [0, 0.1) is 0 Å². The Labute approximate surface area is 106 Å². The van der Waals surface area contributed by atoms with Crippen molar-refractivity contribution in [3.8, 4) is 0 Å². The van der Waals surface area contributed by atoms with Crippen molar-refractivity contribution in [2.24, 2.45) is 5.14 Å². The lowest BCUT2D eigenvalue weighted by Crippen LogP contribution is -2.24. The number of ether oxygens (including phenoxy) is 1. The van der Waals surface area contributed by atoms with Crippen molar-refractivity contribution in [1.29, 1.82) is 0 Å². The first-order chi connectivity index (χ1) is 8.34. The summed E-state index contributed by atoms with van der Waals surface area (Å²) in [4.78, 5) is -0.120. The average Bonchev–Trinajstić information content (AvgIpc) is 2.25. The number of benzene rings is 1. The fraction of sp³-hybridized carbons (Fsp3) is 0.400. The maximum Gasteiger partial charge on any atom is 0.240 e. The van der Waals surface area contributed by atoms with Crippen molar-refractivity contribution in [3.05, 3.63) is 18.2 Å². The normalized spacial score (nSPS) is 13.3. The zero-order valence-electron chi connectivity index (χ0n) is 9.96. The molecule has 1 rings (SSSR count). The first-order valence-electron chi connectivity index (χ1n) is 5.18. The molecule has 0 aliphatic heterocycles. The summed E-state index contributed by atoms with van der Waals surface area (Å²) >= 11 is 0. The highest BCUT2D eigenvalue weighted by Crippen LogP contribution is 2.21. The van der Waals surface area contributed by atoms with Crippen LogP contribution in [0.4, 0.5) is 11.4 Å². The largest absolute Gasteiger partial charge is 0.398 e. The fourth-order valence-corrected chi connectivity index (χ4v) is 2.05. The Morgan fingerprint density at radius 1 is 1.50 bits per heavy atom. The van der Waals surface area contributed by atoms with E-state index in [1.165, 1.54) is 25.3 Å². The molecule has 1 aromatic carbocycles. The second kappa shape index (κ2) is 6.01. The van der Waals surface area contributed by atoms with Crippen LogP contribution in [-0.2, 0) is 14.8 Å². The minimum absolute atomic E-state index is 0.0590. The fourth-order valence-electron chi connectivity index (χ4n) is 1.40. The van der Waals surface area contributed by atoms with E-state index in [4.69, 9.17) is 15.6 Å². The van der Waals surface area contributed by atoms with Crippen molar-refractivity contribution in [1.82, 2.24) is 0 Å². The number of sulfonamides is 1. The molecule has 1 atom stereocenters. The molecular weight excluding hydrogens is 258 g/mol. The van der Waals surface area contributed by atoms with Gasteiger partial charge in [-0.1, -0.05) is 0 Å². The van der Waals surface area contributed by atoms with Gasteiger partial charge in [-0.3, -0.25) is 0 Å². The Morgan fingerprint density at radius 2 is 2.17 bits per heavy atom. The van der Waals surface area contributed by atoms with E-state index in [-0.39, 0.29) is 23.7 Å². The van der Waals surface area contributed by atoms with Gasteiger partial charge in [0.2, 0.25) is 10.0 Å². The summed E-state index contributed by atoms with van der Waals surface area (Å²) in [6.45, 7) is 0.472. The number of primary sulfonamides is 1. The van der Waals surface area contributed by atoms with Crippen molar-refractivity contribution >= 4 is 21.4 Å². The molecule has 0 saturated heterocycles. The number of aliphatic hydroxyl groups is 1. The molecule has 0 aliphatic carbocycles. The Balaban J connectivity index is 2.74. The Hall–Kier alpha value is -1.35. The maximum absolute atomic E-state index is 11.1.